The summed E-state index contributed by atoms with van der Waals surface area (Å²) in [4.78, 5) is 0. The standard InChI is InChI=1S/C8H20N2O/c1-3-4-6-10(9-2)7-5-8-11/h9,11H,3-8H2,1-2H3. The quantitative estimate of drug-likeness (QED) is 0.535. The molecule has 0 fully saturated rings. The zero-order valence-electron chi connectivity index (χ0n) is 7.64. The van der Waals surface area contributed by atoms with E-state index in [2.05, 4.69) is 17.4 Å². The van der Waals surface area contributed by atoms with Gasteiger partial charge in [-0.05, 0) is 19.9 Å². The van der Waals surface area contributed by atoms with Crippen LogP contribution >= 0.6 is 0 Å². The van der Waals surface area contributed by atoms with Crippen molar-refractivity contribution in [2.24, 2.45) is 0 Å². The molecule has 0 aromatic heterocycles. The molecule has 0 radical (unpaired) electrons. The summed E-state index contributed by atoms with van der Waals surface area (Å²) in [5, 5.41) is 10.7. The van der Waals surface area contributed by atoms with Crippen LogP contribution in [-0.4, -0.2) is 36.9 Å². The highest BCUT2D eigenvalue weighted by molar-refractivity contribution is 4.49. The molecule has 0 bridgehead atoms. The van der Waals surface area contributed by atoms with Crippen molar-refractivity contribution in [3.8, 4) is 0 Å². The third-order valence-electron chi connectivity index (χ3n) is 1.68. The number of aliphatic hydroxyl groups excluding tert-OH is 1. The number of nitrogens with one attached hydrogen (secondary N) is 1. The molecule has 11 heavy (non-hydrogen) atoms. The highest BCUT2D eigenvalue weighted by atomic mass is 16.3. The van der Waals surface area contributed by atoms with E-state index in [9.17, 15) is 0 Å². The predicted molar refractivity (Wildman–Crippen MR) is 47.2 cm³/mol. The van der Waals surface area contributed by atoms with E-state index in [1.165, 1.54) is 12.8 Å². The van der Waals surface area contributed by atoms with Crippen LogP contribution in [0.5, 0.6) is 0 Å². The van der Waals surface area contributed by atoms with E-state index in [4.69, 9.17) is 5.11 Å². The maximum atomic E-state index is 8.58. The topological polar surface area (TPSA) is 35.5 Å². The Bertz CT molecular complexity index is 70.5. The zero-order valence-corrected chi connectivity index (χ0v) is 7.64. The summed E-state index contributed by atoms with van der Waals surface area (Å²) in [6, 6.07) is 0. The molecule has 3 heteroatoms. The Morgan fingerprint density at radius 3 is 2.36 bits per heavy atom. The fourth-order valence-corrected chi connectivity index (χ4v) is 0.946. The first kappa shape index (κ1) is 10.9. The summed E-state index contributed by atoms with van der Waals surface area (Å²) in [5.74, 6) is 0. The number of rotatable bonds is 7. The van der Waals surface area contributed by atoms with E-state index in [-0.39, 0.29) is 6.61 Å². The van der Waals surface area contributed by atoms with Gasteiger partial charge in [0.2, 0.25) is 0 Å². The summed E-state index contributed by atoms with van der Waals surface area (Å²) >= 11 is 0. The zero-order chi connectivity index (χ0) is 8.53. The third-order valence-corrected chi connectivity index (χ3v) is 1.68. The van der Waals surface area contributed by atoms with E-state index in [1.807, 2.05) is 7.05 Å². The second kappa shape index (κ2) is 7.98. The van der Waals surface area contributed by atoms with Gasteiger partial charge in [-0.3, -0.25) is 5.43 Å². The Labute approximate surface area is 69.4 Å². The van der Waals surface area contributed by atoms with Crippen molar-refractivity contribution in [2.45, 2.75) is 26.2 Å². The van der Waals surface area contributed by atoms with Crippen LogP contribution in [-0.2, 0) is 0 Å². The fraction of sp³-hybridized carbons (Fsp3) is 1.00. The molecule has 0 heterocycles. The van der Waals surface area contributed by atoms with Gasteiger partial charge in [-0.2, -0.15) is 0 Å². The fourth-order valence-electron chi connectivity index (χ4n) is 0.946. The molecule has 68 valence electrons. The van der Waals surface area contributed by atoms with Crippen LogP contribution in [0.25, 0.3) is 0 Å². The molecule has 0 aliphatic rings. The maximum absolute atomic E-state index is 8.58. The van der Waals surface area contributed by atoms with Crippen molar-refractivity contribution in [3.05, 3.63) is 0 Å². The van der Waals surface area contributed by atoms with Crippen molar-refractivity contribution in [1.29, 1.82) is 0 Å². The van der Waals surface area contributed by atoms with Crippen molar-refractivity contribution >= 4 is 0 Å². The molecule has 3 nitrogen and oxygen atoms in total. The Balaban J connectivity index is 3.25. The van der Waals surface area contributed by atoms with Gasteiger partial charge in [0.1, 0.15) is 0 Å². The van der Waals surface area contributed by atoms with E-state index in [0.29, 0.717) is 0 Å². The first-order chi connectivity index (χ1) is 5.35. The number of hydrazine groups is 1. The number of nitrogens with zero attached hydrogens (tertiary/aromatic N) is 1. The van der Waals surface area contributed by atoms with Gasteiger partial charge < -0.3 is 5.11 Å². The number of hydrogen-bond acceptors (Lipinski definition) is 3. The molecular weight excluding hydrogens is 140 g/mol. The summed E-state index contributed by atoms with van der Waals surface area (Å²) in [6.07, 6.45) is 3.29. The molecule has 0 amide bonds. The molecule has 0 aromatic carbocycles. The molecule has 0 saturated heterocycles. The van der Waals surface area contributed by atoms with Gasteiger partial charge in [0.25, 0.3) is 0 Å². The van der Waals surface area contributed by atoms with Gasteiger partial charge in [-0.25, -0.2) is 5.01 Å². The number of hydrogen-bond donors (Lipinski definition) is 2. The minimum absolute atomic E-state index is 0.282. The summed E-state index contributed by atoms with van der Waals surface area (Å²) in [7, 11) is 1.92. The van der Waals surface area contributed by atoms with Crippen molar-refractivity contribution in [3.63, 3.8) is 0 Å². The molecule has 0 rings (SSSR count). The number of unbranched alkanes of at least 4 members (excludes halogenated alkanes) is 1. The number of aliphatic hydroxyl groups is 1. The molecule has 2 N–H and O–H groups in total. The maximum Gasteiger partial charge on any atom is 0.0443 e. The van der Waals surface area contributed by atoms with Crippen LogP contribution < -0.4 is 5.43 Å². The van der Waals surface area contributed by atoms with E-state index < -0.39 is 0 Å². The van der Waals surface area contributed by atoms with Crippen LogP contribution in [0.4, 0.5) is 0 Å². The van der Waals surface area contributed by atoms with Gasteiger partial charge in [-0.1, -0.05) is 13.3 Å². The van der Waals surface area contributed by atoms with Crippen molar-refractivity contribution < 1.29 is 5.11 Å². The van der Waals surface area contributed by atoms with Crippen LogP contribution in [0.1, 0.15) is 26.2 Å². The van der Waals surface area contributed by atoms with Crippen molar-refractivity contribution in [2.75, 3.05) is 26.7 Å². The molecular formula is C8H20N2O. The molecule has 0 aliphatic carbocycles. The molecule has 0 aromatic rings. The molecule has 0 aliphatic heterocycles. The average molecular weight is 160 g/mol. The highest BCUT2D eigenvalue weighted by Crippen LogP contribution is 1.92. The average Bonchev–Trinajstić information content (AvgIpc) is 2.05. The van der Waals surface area contributed by atoms with Gasteiger partial charge in [0, 0.05) is 19.7 Å². The van der Waals surface area contributed by atoms with E-state index >= 15 is 0 Å². The van der Waals surface area contributed by atoms with Gasteiger partial charge >= 0.3 is 0 Å². The Morgan fingerprint density at radius 2 is 1.91 bits per heavy atom. The van der Waals surface area contributed by atoms with Crippen LogP contribution in [0.15, 0.2) is 0 Å². The first-order valence-electron chi connectivity index (χ1n) is 4.38. The van der Waals surface area contributed by atoms with Crippen molar-refractivity contribution in [1.82, 2.24) is 10.4 Å². The lowest BCUT2D eigenvalue weighted by Crippen LogP contribution is -2.36. The second-order valence-electron chi connectivity index (χ2n) is 2.64. The Kier molecular flexibility index (Phi) is 7.89. The Morgan fingerprint density at radius 1 is 1.27 bits per heavy atom. The lowest BCUT2D eigenvalue weighted by Gasteiger charge is -2.19. The lowest BCUT2D eigenvalue weighted by atomic mass is 10.3. The van der Waals surface area contributed by atoms with E-state index in [0.717, 1.165) is 19.5 Å². The second-order valence-corrected chi connectivity index (χ2v) is 2.64. The minimum atomic E-state index is 0.282. The smallest absolute Gasteiger partial charge is 0.0443 e. The summed E-state index contributed by atoms with van der Waals surface area (Å²) < 4.78 is 0. The molecule has 0 spiro atoms. The van der Waals surface area contributed by atoms with Crippen LogP contribution in [0.2, 0.25) is 0 Å². The molecule has 0 unspecified atom stereocenters. The normalized spacial score (nSPS) is 10.9. The molecule has 0 saturated carbocycles. The summed E-state index contributed by atoms with van der Waals surface area (Å²) in [5.41, 5.74) is 3.09. The minimum Gasteiger partial charge on any atom is -0.396 e. The highest BCUT2D eigenvalue weighted by Gasteiger charge is 1.98. The largest absolute Gasteiger partial charge is 0.396 e. The molecule has 0 atom stereocenters. The third kappa shape index (κ3) is 6.28. The predicted octanol–water partition coefficient (Wildman–Crippen LogP) is 0.605. The monoisotopic (exact) mass is 160 g/mol. The Hall–Kier alpha value is -0.120. The van der Waals surface area contributed by atoms with Gasteiger partial charge in [-0.15, -0.1) is 0 Å². The summed E-state index contributed by atoms with van der Waals surface area (Å²) in [6.45, 7) is 4.48. The van der Waals surface area contributed by atoms with Gasteiger partial charge in [0.05, 0.1) is 0 Å². The lowest BCUT2D eigenvalue weighted by molar-refractivity contribution is 0.178. The van der Waals surface area contributed by atoms with Crippen LogP contribution in [0.3, 0.4) is 0 Å². The first-order valence-corrected chi connectivity index (χ1v) is 4.38. The SMILES string of the molecule is CCCCN(CCCO)NC. The van der Waals surface area contributed by atoms with E-state index in [1.54, 1.807) is 0 Å². The van der Waals surface area contributed by atoms with Gasteiger partial charge in [0.15, 0.2) is 0 Å². The van der Waals surface area contributed by atoms with Crippen LogP contribution in [0, 0.1) is 0 Å².